The van der Waals surface area contributed by atoms with E-state index in [1.807, 2.05) is 0 Å². The van der Waals surface area contributed by atoms with Crippen molar-refractivity contribution in [3.63, 3.8) is 0 Å². The summed E-state index contributed by atoms with van der Waals surface area (Å²) in [6, 6.07) is 7.51. The number of benzene rings is 2. The Morgan fingerprint density at radius 3 is 2.35 bits per heavy atom. The van der Waals surface area contributed by atoms with E-state index in [0.29, 0.717) is 12.1 Å². The molecular formula is C16H13F3N2O4S. The van der Waals surface area contributed by atoms with Crippen molar-refractivity contribution in [3.8, 4) is 0 Å². The first-order valence-electron chi connectivity index (χ1n) is 7.45. The first-order chi connectivity index (χ1) is 12.1. The maximum Gasteiger partial charge on any atom is 0.419 e. The highest BCUT2D eigenvalue weighted by molar-refractivity contribution is 7.92. The van der Waals surface area contributed by atoms with Gasteiger partial charge in [-0.1, -0.05) is 0 Å². The lowest BCUT2D eigenvalue weighted by Gasteiger charge is -2.10. The number of fused-ring (bicyclic) bond motifs is 1. The van der Waals surface area contributed by atoms with Crippen LogP contribution in [0.3, 0.4) is 0 Å². The minimum atomic E-state index is -4.51. The average molecular weight is 386 g/mol. The molecule has 0 fully saturated rings. The van der Waals surface area contributed by atoms with E-state index in [2.05, 4.69) is 4.72 Å². The number of anilines is 1. The monoisotopic (exact) mass is 386 g/mol. The lowest BCUT2D eigenvalue weighted by atomic mass is 10.2. The van der Waals surface area contributed by atoms with Gasteiger partial charge in [0, 0.05) is 18.3 Å². The Labute approximate surface area is 145 Å². The molecule has 0 atom stereocenters. The lowest BCUT2D eigenvalue weighted by molar-refractivity contribution is -0.137. The van der Waals surface area contributed by atoms with Crippen molar-refractivity contribution in [2.75, 3.05) is 4.72 Å². The van der Waals surface area contributed by atoms with Gasteiger partial charge in [0.05, 0.1) is 16.0 Å². The number of alkyl halides is 3. The van der Waals surface area contributed by atoms with Gasteiger partial charge in [0.25, 0.3) is 10.0 Å². The van der Waals surface area contributed by atoms with Crippen molar-refractivity contribution in [1.29, 1.82) is 0 Å². The molecule has 0 aliphatic heterocycles. The number of hydrogen-bond acceptors (Lipinski definition) is 4. The molecule has 3 aromatic rings. The molecule has 1 aromatic heterocycles. The van der Waals surface area contributed by atoms with Gasteiger partial charge in [0.1, 0.15) is 0 Å². The van der Waals surface area contributed by atoms with Gasteiger partial charge in [-0.25, -0.2) is 13.2 Å². The molecular weight excluding hydrogens is 373 g/mol. The normalized spacial score (nSPS) is 12.5. The van der Waals surface area contributed by atoms with Crippen molar-refractivity contribution in [2.45, 2.75) is 24.5 Å². The summed E-state index contributed by atoms with van der Waals surface area (Å²) in [4.78, 5) is 11.5. The van der Waals surface area contributed by atoms with Gasteiger partial charge in [-0.05, 0) is 43.3 Å². The highest BCUT2D eigenvalue weighted by atomic mass is 32.2. The zero-order valence-electron chi connectivity index (χ0n) is 13.4. The highest BCUT2D eigenvalue weighted by Gasteiger charge is 2.30. The summed E-state index contributed by atoms with van der Waals surface area (Å²) in [7, 11) is -4.07. The van der Waals surface area contributed by atoms with E-state index in [1.165, 1.54) is 22.8 Å². The maximum absolute atomic E-state index is 12.6. The van der Waals surface area contributed by atoms with E-state index < -0.39 is 27.5 Å². The molecule has 0 bridgehead atoms. The Morgan fingerprint density at radius 1 is 1.12 bits per heavy atom. The van der Waals surface area contributed by atoms with Gasteiger partial charge in [-0.3, -0.25) is 9.29 Å². The van der Waals surface area contributed by atoms with Crippen LogP contribution < -0.4 is 10.5 Å². The van der Waals surface area contributed by atoms with Crippen LogP contribution in [0.25, 0.3) is 11.1 Å². The van der Waals surface area contributed by atoms with E-state index in [-0.39, 0.29) is 16.2 Å². The minimum absolute atomic E-state index is 0.0225. The van der Waals surface area contributed by atoms with Crippen LogP contribution in [0.4, 0.5) is 18.9 Å². The molecule has 0 saturated carbocycles. The number of nitrogens with zero attached hydrogens (tertiary/aromatic N) is 1. The van der Waals surface area contributed by atoms with E-state index in [1.54, 1.807) is 6.92 Å². The molecule has 0 aliphatic rings. The Bertz CT molecular complexity index is 1110. The van der Waals surface area contributed by atoms with Crippen molar-refractivity contribution in [2.24, 2.45) is 0 Å². The van der Waals surface area contributed by atoms with Crippen LogP contribution in [0, 0.1) is 0 Å². The first-order valence-corrected chi connectivity index (χ1v) is 8.93. The smallest absolute Gasteiger partial charge is 0.408 e. The zero-order valence-corrected chi connectivity index (χ0v) is 14.2. The topological polar surface area (TPSA) is 81.3 Å². The van der Waals surface area contributed by atoms with E-state index in [0.717, 1.165) is 24.3 Å². The van der Waals surface area contributed by atoms with Crippen LogP contribution in [0.15, 0.2) is 56.6 Å². The van der Waals surface area contributed by atoms with Crippen molar-refractivity contribution in [3.05, 3.63) is 58.6 Å². The molecule has 0 amide bonds. The zero-order chi connectivity index (χ0) is 19.1. The van der Waals surface area contributed by atoms with Gasteiger partial charge in [-0.2, -0.15) is 13.2 Å². The fourth-order valence-corrected chi connectivity index (χ4v) is 3.53. The molecule has 0 radical (unpaired) electrons. The molecule has 3 rings (SSSR count). The van der Waals surface area contributed by atoms with Crippen molar-refractivity contribution < 1.29 is 26.0 Å². The molecule has 1 N–H and O–H groups in total. The third-order valence-corrected chi connectivity index (χ3v) is 5.11. The molecule has 138 valence electrons. The highest BCUT2D eigenvalue weighted by Crippen LogP contribution is 2.30. The summed E-state index contributed by atoms with van der Waals surface area (Å²) in [6.45, 7) is 2.11. The summed E-state index contributed by atoms with van der Waals surface area (Å²) in [5, 5.41) is 0. The average Bonchev–Trinajstić information content (AvgIpc) is 2.88. The number of aryl methyl sites for hydroxylation is 1. The third-order valence-electron chi connectivity index (χ3n) is 3.73. The summed E-state index contributed by atoms with van der Waals surface area (Å²) < 4.78 is 71.1. The standard InChI is InChI=1S/C16H13F3N2O4S/c1-2-21-13-8-7-12(9-14(13)25-15(21)22)26(23,24)20-11-5-3-10(4-6-11)16(17,18)19/h3-9,20H,2H2,1H3. The van der Waals surface area contributed by atoms with Crippen LogP contribution in [0.2, 0.25) is 0 Å². The number of sulfonamides is 1. The van der Waals surface area contributed by atoms with Crippen molar-refractivity contribution in [1.82, 2.24) is 4.57 Å². The fraction of sp³-hybridized carbons (Fsp3) is 0.188. The summed E-state index contributed by atoms with van der Waals surface area (Å²) in [5.41, 5.74) is -0.353. The molecule has 0 aliphatic carbocycles. The number of hydrogen-bond donors (Lipinski definition) is 1. The van der Waals surface area contributed by atoms with Crippen LogP contribution in [-0.4, -0.2) is 13.0 Å². The summed E-state index contributed by atoms with van der Waals surface area (Å²) >= 11 is 0. The van der Waals surface area contributed by atoms with Crippen molar-refractivity contribution >= 4 is 26.8 Å². The molecule has 2 aromatic carbocycles. The van der Waals surface area contributed by atoms with E-state index in [9.17, 15) is 26.4 Å². The second-order valence-corrected chi connectivity index (χ2v) is 7.10. The predicted molar refractivity (Wildman–Crippen MR) is 88.4 cm³/mol. The van der Waals surface area contributed by atoms with Gasteiger partial charge in [0.15, 0.2) is 5.58 Å². The Kier molecular flexibility index (Phi) is 4.31. The number of oxazole rings is 1. The van der Waals surface area contributed by atoms with E-state index in [4.69, 9.17) is 4.42 Å². The molecule has 26 heavy (non-hydrogen) atoms. The fourth-order valence-electron chi connectivity index (χ4n) is 2.45. The molecule has 0 spiro atoms. The predicted octanol–water partition coefficient (Wildman–Crippen LogP) is 3.43. The Hall–Kier alpha value is -2.75. The lowest BCUT2D eigenvalue weighted by Crippen LogP contribution is -2.13. The third kappa shape index (κ3) is 3.32. The SMILES string of the molecule is CCn1c(=O)oc2cc(S(=O)(=O)Nc3ccc(C(F)(F)F)cc3)ccc21. The molecule has 0 unspecified atom stereocenters. The van der Waals surface area contributed by atoms with Crippen LogP contribution in [-0.2, 0) is 22.7 Å². The van der Waals surface area contributed by atoms with Crippen LogP contribution in [0.5, 0.6) is 0 Å². The number of halogens is 3. The number of rotatable bonds is 4. The summed E-state index contributed by atoms with van der Waals surface area (Å²) in [5.74, 6) is -0.604. The van der Waals surface area contributed by atoms with Gasteiger partial charge < -0.3 is 4.42 Å². The van der Waals surface area contributed by atoms with E-state index >= 15 is 0 Å². The first kappa shape index (κ1) is 18.1. The van der Waals surface area contributed by atoms with Crippen LogP contribution in [0.1, 0.15) is 12.5 Å². The molecule has 0 saturated heterocycles. The number of aromatic nitrogens is 1. The minimum Gasteiger partial charge on any atom is -0.408 e. The van der Waals surface area contributed by atoms with Gasteiger partial charge >= 0.3 is 11.9 Å². The largest absolute Gasteiger partial charge is 0.419 e. The van der Waals surface area contributed by atoms with Crippen LogP contribution >= 0.6 is 0 Å². The summed E-state index contributed by atoms with van der Waals surface area (Å²) in [6.07, 6.45) is -4.51. The number of nitrogens with one attached hydrogen (secondary N) is 1. The molecule has 1 heterocycles. The quantitative estimate of drug-likeness (QED) is 0.745. The van der Waals surface area contributed by atoms with Gasteiger partial charge in [-0.15, -0.1) is 0 Å². The molecule has 10 heteroatoms. The maximum atomic E-state index is 12.6. The molecule has 6 nitrogen and oxygen atoms in total. The second-order valence-electron chi connectivity index (χ2n) is 5.42. The Morgan fingerprint density at radius 2 is 1.77 bits per heavy atom. The Balaban J connectivity index is 1.93. The second kappa shape index (κ2) is 6.20. The van der Waals surface area contributed by atoms with Gasteiger partial charge in [0.2, 0.25) is 0 Å².